The molecule has 0 fully saturated rings. The molecule has 1 N–H and O–H groups in total. The highest BCUT2D eigenvalue weighted by Crippen LogP contribution is 2.18. The zero-order valence-corrected chi connectivity index (χ0v) is 11.1. The van der Waals surface area contributed by atoms with Gasteiger partial charge in [-0.05, 0) is 32.0 Å². The van der Waals surface area contributed by atoms with Crippen LogP contribution in [0.5, 0.6) is 0 Å². The van der Waals surface area contributed by atoms with Crippen LogP contribution >= 0.6 is 11.6 Å². The summed E-state index contributed by atoms with van der Waals surface area (Å²) in [5, 5.41) is 7.78. The summed E-state index contributed by atoms with van der Waals surface area (Å²) >= 11 is 5.78. The minimum Gasteiger partial charge on any atom is -0.337 e. The third kappa shape index (κ3) is 3.05. The second kappa shape index (κ2) is 5.93. The molecule has 0 spiro atoms. The number of rotatable bonds is 5. The van der Waals surface area contributed by atoms with Gasteiger partial charge in [0.2, 0.25) is 11.7 Å². The van der Waals surface area contributed by atoms with Gasteiger partial charge < -0.3 is 9.84 Å². The van der Waals surface area contributed by atoms with Gasteiger partial charge in [0.15, 0.2) is 0 Å². The Morgan fingerprint density at radius 2 is 2.28 bits per heavy atom. The van der Waals surface area contributed by atoms with Crippen molar-refractivity contribution < 1.29 is 4.52 Å². The molecule has 0 aliphatic heterocycles. The zero-order chi connectivity index (χ0) is 13.0. The lowest BCUT2D eigenvalue weighted by Crippen LogP contribution is -2.19. The minimum absolute atomic E-state index is 0.0403. The van der Waals surface area contributed by atoms with Crippen LogP contribution in [0.4, 0.5) is 0 Å². The summed E-state index contributed by atoms with van der Waals surface area (Å²) in [6, 6.07) is 3.55. The van der Waals surface area contributed by atoms with Crippen LogP contribution < -0.4 is 5.32 Å². The lowest BCUT2D eigenvalue weighted by atomic mass is 10.3. The highest BCUT2D eigenvalue weighted by molar-refractivity contribution is 6.30. The molecule has 2 rings (SSSR count). The van der Waals surface area contributed by atoms with Gasteiger partial charge in [-0.2, -0.15) is 4.98 Å². The van der Waals surface area contributed by atoms with Crippen molar-refractivity contribution >= 4 is 11.6 Å². The van der Waals surface area contributed by atoms with E-state index in [0.29, 0.717) is 22.4 Å². The topological polar surface area (TPSA) is 63.8 Å². The summed E-state index contributed by atoms with van der Waals surface area (Å²) in [5.41, 5.74) is 0.650. The molecule has 1 atom stereocenters. The quantitative estimate of drug-likeness (QED) is 0.902. The molecule has 0 radical (unpaired) electrons. The van der Waals surface area contributed by atoms with Crippen molar-refractivity contribution in [2.45, 2.75) is 26.3 Å². The number of halogens is 1. The second-order valence-electron chi connectivity index (χ2n) is 3.99. The van der Waals surface area contributed by atoms with Gasteiger partial charge in [0, 0.05) is 6.20 Å². The molecule has 0 aromatic carbocycles. The van der Waals surface area contributed by atoms with E-state index in [1.54, 1.807) is 18.3 Å². The molecule has 96 valence electrons. The zero-order valence-electron chi connectivity index (χ0n) is 10.4. The Morgan fingerprint density at radius 1 is 1.44 bits per heavy atom. The molecule has 0 bridgehead atoms. The van der Waals surface area contributed by atoms with Crippen LogP contribution in [0.15, 0.2) is 22.9 Å². The Hall–Kier alpha value is -1.46. The number of nitrogens with zero attached hydrogens (tertiary/aromatic N) is 3. The predicted octanol–water partition coefficient (Wildman–Crippen LogP) is 2.85. The van der Waals surface area contributed by atoms with Crippen LogP contribution in [0.25, 0.3) is 11.5 Å². The van der Waals surface area contributed by atoms with Crippen LogP contribution in [0.2, 0.25) is 5.02 Å². The summed E-state index contributed by atoms with van der Waals surface area (Å²) < 4.78 is 5.21. The van der Waals surface area contributed by atoms with Crippen LogP contribution in [-0.4, -0.2) is 21.7 Å². The molecule has 2 aromatic rings. The fourth-order valence-corrected chi connectivity index (χ4v) is 1.58. The van der Waals surface area contributed by atoms with Crippen molar-refractivity contribution in [1.29, 1.82) is 0 Å². The van der Waals surface area contributed by atoms with Gasteiger partial charge >= 0.3 is 0 Å². The average Bonchev–Trinajstić information content (AvgIpc) is 2.86. The Morgan fingerprint density at radius 3 is 2.94 bits per heavy atom. The standard InChI is InChI=1S/C12H15ClN4O/c1-3-6-14-8(2)12-16-11(17-18-12)10-5-4-9(13)7-15-10/h4-5,7-8,14H,3,6H2,1-2H3. The first kappa shape index (κ1) is 13.0. The van der Waals surface area contributed by atoms with E-state index in [2.05, 4.69) is 27.4 Å². The summed E-state index contributed by atoms with van der Waals surface area (Å²) in [6.07, 6.45) is 2.62. The number of hydrogen-bond donors (Lipinski definition) is 1. The molecule has 18 heavy (non-hydrogen) atoms. The number of aromatic nitrogens is 3. The predicted molar refractivity (Wildman–Crippen MR) is 69.2 cm³/mol. The van der Waals surface area contributed by atoms with Gasteiger partial charge in [0.1, 0.15) is 5.69 Å². The van der Waals surface area contributed by atoms with Crippen molar-refractivity contribution in [2.75, 3.05) is 6.54 Å². The van der Waals surface area contributed by atoms with E-state index in [0.717, 1.165) is 13.0 Å². The van der Waals surface area contributed by atoms with Crippen molar-refractivity contribution in [2.24, 2.45) is 0 Å². The maximum atomic E-state index is 5.78. The summed E-state index contributed by atoms with van der Waals surface area (Å²) in [5.74, 6) is 1.04. The molecule has 0 aliphatic rings. The fourth-order valence-electron chi connectivity index (χ4n) is 1.47. The molecule has 5 nitrogen and oxygen atoms in total. The van der Waals surface area contributed by atoms with E-state index < -0.39 is 0 Å². The Bertz CT molecular complexity index is 497. The van der Waals surface area contributed by atoms with Gasteiger partial charge in [-0.1, -0.05) is 23.7 Å². The molecule has 2 heterocycles. The Balaban J connectivity index is 2.12. The van der Waals surface area contributed by atoms with E-state index in [1.165, 1.54) is 0 Å². The average molecular weight is 267 g/mol. The van der Waals surface area contributed by atoms with Crippen molar-refractivity contribution in [1.82, 2.24) is 20.4 Å². The highest BCUT2D eigenvalue weighted by Gasteiger charge is 2.14. The number of pyridine rings is 1. The highest BCUT2D eigenvalue weighted by atomic mass is 35.5. The summed E-state index contributed by atoms with van der Waals surface area (Å²) in [4.78, 5) is 8.46. The van der Waals surface area contributed by atoms with Gasteiger partial charge in [-0.25, -0.2) is 0 Å². The second-order valence-corrected chi connectivity index (χ2v) is 4.43. The Labute approximate surface area is 111 Å². The van der Waals surface area contributed by atoms with E-state index in [-0.39, 0.29) is 6.04 Å². The van der Waals surface area contributed by atoms with Crippen molar-refractivity contribution in [3.63, 3.8) is 0 Å². The van der Waals surface area contributed by atoms with Crippen LogP contribution in [0, 0.1) is 0 Å². The van der Waals surface area contributed by atoms with E-state index in [9.17, 15) is 0 Å². The van der Waals surface area contributed by atoms with E-state index >= 15 is 0 Å². The molecular formula is C12H15ClN4O. The third-order valence-electron chi connectivity index (χ3n) is 2.47. The maximum absolute atomic E-state index is 5.78. The largest absolute Gasteiger partial charge is 0.337 e. The molecular weight excluding hydrogens is 252 g/mol. The normalized spacial score (nSPS) is 12.6. The molecule has 0 saturated carbocycles. The molecule has 0 saturated heterocycles. The molecule has 0 amide bonds. The minimum atomic E-state index is 0.0403. The molecule has 0 aliphatic carbocycles. The van der Waals surface area contributed by atoms with Crippen LogP contribution in [-0.2, 0) is 0 Å². The maximum Gasteiger partial charge on any atom is 0.243 e. The smallest absolute Gasteiger partial charge is 0.243 e. The monoisotopic (exact) mass is 266 g/mol. The van der Waals surface area contributed by atoms with E-state index in [1.807, 2.05) is 6.92 Å². The van der Waals surface area contributed by atoms with Crippen LogP contribution in [0.1, 0.15) is 32.2 Å². The lowest BCUT2D eigenvalue weighted by Gasteiger charge is -2.06. The molecule has 2 aromatic heterocycles. The van der Waals surface area contributed by atoms with Gasteiger partial charge in [-0.15, -0.1) is 0 Å². The Kier molecular flexibility index (Phi) is 4.28. The summed E-state index contributed by atoms with van der Waals surface area (Å²) in [6.45, 7) is 5.01. The third-order valence-corrected chi connectivity index (χ3v) is 2.69. The fraction of sp³-hybridized carbons (Fsp3) is 0.417. The van der Waals surface area contributed by atoms with Gasteiger partial charge in [0.05, 0.1) is 11.1 Å². The summed E-state index contributed by atoms with van der Waals surface area (Å²) in [7, 11) is 0. The number of nitrogens with one attached hydrogen (secondary N) is 1. The molecule has 6 heteroatoms. The van der Waals surface area contributed by atoms with Crippen molar-refractivity contribution in [3.05, 3.63) is 29.2 Å². The first-order valence-electron chi connectivity index (χ1n) is 5.89. The van der Waals surface area contributed by atoms with Gasteiger partial charge in [-0.3, -0.25) is 4.98 Å². The SMILES string of the molecule is CCCNC(C)c1nc(-c2ccc(Cl)cn2)no1. The first-order chi connectivity index (χ1) is 8.70. The molecule has 1 unspecified atom stereocenters. The number of hydrogen-bond acceptors (Lipinski definition) is 5. The lowest BCUT2D eigenvalue weighted by molar-refractivity contribution is 0.340. The van der Waals surface area contributed by atoms with Crippen molar-refractivity contribution in [3.8, 4) is 11.5 Å². The van der Waals surface area contributed by atoms with Gasteiger partial charge in [0.25, 0.3) is 0 Å². The van der Waals surface area contributed by atoms with E-state index in [4.69, 9.17) is 16.1 Å². The van der Waals surface area contributed by atoms with Crippen LogP contribution in [0.3, 0.4) is 0 Å². The first-order valence-corrected chi connectivity index (χ1v) is 6.27.